The van der Waals surface area contributed by atoms with Gasteiger partial charge in [-0.3, -0.25) is 0 Å². The van der Waals surface area contributed by atoms with E-state index in [0.29, 0.717) is 0 Å². The second-order valence-corrected chi connectivity index (χ2v) is 3.90. The van der Waals surface area contributed by atoms with Gasteiger partial charge in [-0.1, -0.05) is 5.22 Å². The van der Waals surface area contributed by atoms with E-state index in [-0.39, 0.29) is 6.04 Å². The van der Waals surface area contributed by atoms with Gasteiger partial charge in [-0.25, -0.2) is 0 Å². The topological polar surface area (TPSA) is 80.1 Å². The SMILES string of the molecule is CS(=O)(=O)ONN=NC1CC1. The maximum atomic E-state index is 10.3. The second-order valence-electron chi connectivity index (χ2n) is 2.33. The van der Waals surface area contributed by atoms with Crippen LogP contribution in [0.25, 0.3) is 0 Å². The van der Waals surface area contributed by atoms with Crippen LogP contribution < -0.4 is 5.59 Å². The third-order valence-corrected chi connectivity index (χ3v) is 1.37. The molecule has 6 nitrogen and oxygen atoms in total. The molecule has 0 amide bonds. The molecular formula is C4H9N3O3S. The molecule has 0 unspecified atom stereocenters. The Bertz CT molecular complexity index is 243. The minimum atomic E-state index is -3.47. The summed E-state index contributed by atoms with van der Waals surface area (Å²) in [5.74, 6) is 0. The van der Waals surface area contributed by atoms with Crippen LogP contribution in [0.2, 0.25) is 0 Å². The van der Waals surface area contributed by atoms with Gasteiger partial charge >= 0.3 is 0 Å². The summed E-state index contributed by atoms with van der Waals surface area (Å²) in [6.45, 7) is 0. The van der Waals surface area contributed by atoms with Gasteiger partial charge in [-0.2, -0.15) is 13.5 Å². The number of hydrogen-bond acceptors (Lipinski definition) is 5. The normalized spacial score (nSPS) is 19.0. The maximum Gasteiger partial charge on any atom is 0.286 e. The zero-order chi connectivity index (χ0) is 8.32. The summed E-state index contributed by atoms with van der Waals surface area (Å²) in [7, 11) is -3.47. The molecular weight excluding hydrogens is 170 g/mol. The van der Waals surface area contributed by atoms with E-state index in [1.165, 1.54) is 0 Å². The van der Waals surface area contributed by atoms with Crippen LogP contribution in [-0.2, 0) is 14.4 Å². The molecule has 0 aromatic heterocycles. The molecule has 1 fully saturated rings. The van der Waals surface area contributed by atoms with Crippen molar-refractivity contribution in [1.29, 1.82) is 0 Å². The van der Waals surface area contributed by atoms with Crippen molar-refractivity contribution in [2.24, 2.45) is 10.3 Å². The Morgan fingerprint density at radius 3 is 2.64 bits per heavy atom. The Morgan fingerprint density at radius 2 is 2.18 bits per heavy atom. The van der Waals surface area contributed by atoms with Crippen LogP contribution >= 0.6 is 0 Å². The molecule has 11 heavy (non-hydrogen) atoms. The van der Waals surface area contributed by atoms with E-state index in [1.54, 1.807) is 0 Å². The summed E-state index contributed by atoms with van der Waals surface area (Å²) in [6.07, 6.45) is 2.96. The monoisotopic (exact) mass is 179 g/mol. The molecule has 1 rings (SSSR count). The number of nitrogens with one attached hydrogen (secondary N) is 1. The summed E-state index contributed by atoms with van der Waals surface area (Å²) in [4.78, 5) is 0. The van der Waals surface area contributed by atoms with E-state index in [1.807, 2.05) is 5.59 Å². The highest BCUT2D eigenvalue weighted by Gasteiger charge is 2.20. The van der Waals surface area contributed by atoms with Gasteiger partial charge in [0.2, 0.25) is 0 Å². The van der Waals surface area contributed by atoms with Crippen molar-refractivity contribution in [3.63, 3.8) is 0 Å². The molecule has 7 heteroatoms. The molecule has 0 heterocycles. The average Bonchev–Trinajstić information content (AvgIpc) is 2.60. The van der Waals surface area contributed by atoms with Crippen molar-refractivity contribution in [1.82, 2.24) is 5.59 Å². The Labute approximate surface area is 64.7 Å². The Hall–Kier alpha value is -0.690. The standard InChI is InChI=1S/C4H9N3O3S/c1-11(8,9)10-7-6-5-4-2-3-4/h4H,2-3H2,1H3,(H,5,7). The average molecular weight is 179 g/mol. The van der Waals surface area contributed by atoms with Gasteiger partial charge in [-0.05, 0) is 12.8 Å². The van der Waals surface area contributed by atoms with Gasteiger partial charge in [0.25, 0.3) is 10.1 Å². The minimum Gasteiger partial charge on any atom is -0.198 e. The fourth-order valence-corrected chi connectivity index (χ4v) is 0.548. The molecule has 0 bridgehead atoms. The summed E-state index contributed by atoms with van der Waals surface area (Å²) >= 11 is 0. The number of nitrogens with zero attached hydrogens (tertiary/aromatic N) is 2. The van der Waals surface area contributed by atoms with E-state index in [2.05, 4.69) is 14.6 Å². The Kier molecular flexibility index (Phi) is 2.40. The molecule has 0 aliphatic heterocycles. The van der Waals surface area contributed by atoms with Crippen LogP contribution in [0, 0.1) is 0 Å². The van der Waals surface area contributed by atoms with Gasteiger partial charge in [0.15, 0.2) is 0 Å². The van der Waals surface area contributed by atoms with E-state index < -0.39 is 10.1 Å². The van der Waals surface area contributed by atoms with Gasteiger partial charge in [0, 0.05) is 0 Å². The molecule has 0 saturated heterocycles. The highest BCUT2D eigenvalue weighted by atomic mass is 32.2. The molecule has 0 aromatic carbocycles. The van der Waals surface area contributed by atoms with Crippen molar-refractivity contribution in [2.45, 2.75) is 18.9 Å². The van der Waals surface area contributed by atoms with Crippen molar-refractivity contribution >= 4 is 10.1 Å². The summed E-state index contributed by atoms with van der Waals surface area (Å²) in [6, 6.07) is 0.255. The van der Waals surface area contributed by atoms with Crippen LogP contribution in [0.5, 0.6) is 0 Å². The highest BCUT2D eigenvalue weighted by Crippen LogP contribution is 2.23. The first kappa shape index (κ1) is 8.41. The van der Waals surface area contributed by atoms with Crippen LogP contribution in [-0.4, -0.2) is 20.7 Å². The largest absolute Gasteiger partial charge is 0.286 e. The van der Waals surface area contributed by atoms with E-state index in [9.17, 15) is 8.42 Å². The van der Waals surface area contributed by atoms with E-state index in [4.69, 9.17) is 0 Å². The first-order valence-electron chi connectivity index (χ1n) is 3.11. The molecule has 1 saturated carbocycles. The fraction of sp³-hybridized carbons (Fsp3) is 1.00. The van der Waals surface area contributed by atoms with Crippen LogP contribution in [0.1, 0.15) is 12.8 Å². The van der Waals surface area contributed by atoms with Crippen molar-refractivity contribution in [3.8, 4) is 0 Å². The summed E-state index contributed by atoms with van der Waals surface area (Å²) in [5, 5.41) is 6.96. The highest BCUT2D eigenvalue weighted by molar-refractivity contribution is 7.85. The van der Waals surface area contributed by atoms with Gasteiger partial charge in [0.05, 0.1) is 12.3 Å². The Morgan fingerprint density at radius 1 is 1.55 bits per heavy atom. The molecule has 1 N–H and O–H groups in total. The molecule has 0 radical (unpaired) electrons. The lowest BCUT2D eigenvalue weighted by Crippen LogP contribution is -2.12. The predicted molar refractivity (Wildman–Crippen MR) is 36.9 cm³/mol. The quantitative estimate of drug-likeness (QED) is 0.486. The van der Waals surface area contributed by atoms with Crippen LogP contribution in [0.3, 0.4) is 0 Å². The van der Waals surface area contributed by atoms with Crippen LogP contribution in [0.4, 0.5) is 0 Å². The van der Waals surface area contributed by atoms with Gasteiger partial charge in [0.1, 0.15) is 0 Å². The molecule has 0 spiro atoms. The molecule has 1 aliphatic carbocycles. The Balaban J connectivity index is 2.12. The third kappa shape index (κ3) is 4.68. The van der Waals surface area contributed by atoms with Crippen molar-refractivity contribution < 1.29 is 12.7 Å². The summed E-state index contributed by atoms with van der Waals surface area (Å²) < 4.78 is 24.7. The molecule has 0 atom stereocenters. The molecule has 0 aromatic rings. The number of hydrogen-bond donors (Lipinski definition) is 1. The van der Waals surface area contributed by atoms with Crippen molar-refractivity contribution in [3.05, 3.63) is 0 Å². The zero-order valence-electron chi connectivity index (χ0n) is 6.02. The minimum absolute atomic E-state index is 0.255. The first-order valence-corrected chi connectivity index (χ1v) is 4.93. The maximum absolute atomic E-state index is 10.3. The second kappa shape index (κ2) is 3.14. The lowest BCUT2D eigenvalue weighted by Gasteiger charge is -1.94. The van der Waals surface area contributed by atoms with E-state index >= 15 is 0 Å². The number of rotatable bonds is 4. The van der Waals surface area contributed by atoms with Crippen molar-refractivity contribution in [2.75, 3.05) is 6.26 Å². The molecule has 64 valence electrons. The molecule has 1 aliphatic rings. The smallest absolute Gasteiger partial charge is 0.198 e. The zero-order valence-corrected chi connectivity index (χ0v) is 6.84. The van der Waals surface area contributed by atoms with E-state index in [0.717, 1.165) is 19.1 Å². The summed E-state index contributed by atoms with van der Waals surface area (Å²) in [5.41, 5.74) is 1.87. The predicted octanol–water partition coefficient (Wildman–Crippen LogP) is -0.00320. The lowest BCUT2D eigenvalue weighted by molar-refractivity contribution is 0.201. The lowest BCUT2D eigenvalue weighted by atomic mass is 10.8. The fourth-order valence-electron chi connectivity index (χ4n) is 0.380. The van der Waals surface area contributed by atoms with Gasteiger partial charge in [-0.15, -0.1) is 9.87 Å². The van der Waals surface area contributed by atoms with Gasteiger partial charge < -0.3 is 0 Å². The third-order valence-electron chi connectivity index (χ3n) is 0.997. The first-order chi connectivity index (χ1) is 5.08. The van der Waals surface area contributed by atoms with Crippen LogP contribution in [0.15, 0.2) is 10.3 Å².